The largest absolute Gasteiger partial charge is 0.347 e. The van der Waals surface area contributed by atoms with E-state index >= 15 is 0 Å². The highest BCUT2D eigenvalue weighted by atomic mass is 16.2. The summed E-state index contributed by atoms with van der Waals surface area (Å²) in [5.74, 6) is 0.168. The van der Waals surface area contributed by atoms with Crippen molar-refractivity contribution in [1.29, 1.82) is 0 Å². The number of nitrogens with zero attached hydrogens (tertiary/aromatic N) is 1. The van der Waals surface area contributed by atoms with E-state index in [-0.39, 0.29) is 11.9 Å². The lowest BCUT2D eigenvalue weighted by Crippen LogP contribution is -2.48. The Hall–Kier alpha value is -0.570. The molecular formula is C9H18N2O. The van der Waals surface area contributed by atoms with Crippen LogP contribution in [0.15, 0.2) is 0 Å². The molecule has 70 valence electrons. The van der Waals surface area contributed by atoms with E-state index in [1.54, 1.807) is 19.0 Å². The van der Waals surface area contributed by atoms with Gasteiger partial charge in [0.25, 0.3) is 0 Å². The average molecular weight is 170 g/mol. The van der Waals surface area contributed by atoms with Crippen molar-refractivity contribution < 1.29 is 4.79 Å². The molecule has 3 heteroatoms. The van der Waals surface area contributed by atoms with Crippen LogP contribution in [0.4, 0.5) is 0 Å². The highest BCUT2D eigenvalue weighted by molar-refractivity contribution is 5.80. The molecule has 0 bridgehead atoms. The van der Waals surface area contributed by atoms with Gasteiger partial charge in [-0.25, -0.2) is 0 Å². The van der Waals surface area contributed by atoms with E-state index in [0.29, 0.717) is 6.04 Å². The third kappa shape index (κ3) is 2.21. The molecular weight excluding hydrogens is 152 g/mol. The summed E-state index contributed by atoms with van der Waals surface area (Å²) in [7, 11) is 3.59. The lowest BCUT2D eigenvalue weighted by Gasteiger charge is -2.30. The molecule has 1 fully saturated rings. The van der Waals surface area contributed by atoms with Crippen LogP contribution < -0.4 is 5.32 Å². The van der Waals surface area contributed by atoms with Gasteiger partial charge in [-0.15, -0.1) is 0 Å². The number of rotatable bonds is 3. The zero-order chi connectivity index (χ0) is 9.14. The standard InChI is InChI=1S/C9H18N2O/c1-7(9(12)11(2)3)10-8-5-4-6-8/h7-8,10H,4-6H2,1-3H3/t7-/m1/s1. The number of carbonyl (C=O) groups excluding carboxylic acids is 1. The summed E-state index contributed by atoms with van der Waals surface area (Å²) in [6, 6.07) is 0.564. The van der Waals surface area contributed by atoms with Crippen LogP contribution in [-0.2, 0) is 4.79 Å². The van der Waals surface area contributed by atoms with Gasteiger partial charge in [0, 0.05) is 20.1 Å². The first kappa shape index (κ1) is 9.52. The predicted octanol–water partition coefficient (Wildman–Crippen LogP) is 0.605. The quantitative estimate of drug-likeness (QED) is 0.673. The lowest BCUT2D eigenvalue weighted by atomic mass is 9.92. The van der Waals surface area contributed by atoms with Crippen molar-refractivity contribution in [2.24, 2.45) is 0 Å². The second-order valence-electron chi connectivity index (χ2n) is 3.75. The molecule has 1 N–H and O–H groups in total. The number of hydrogen-bond donors (Lipinski definition) is 1. The first-order valence-electron chi connectivity index (χ1n) is 4.58. The van der Waals surface area contributed by atoms with Crippen molar-refractivity contribution in [3.63, 3.8) is 0 Å². The Morgan fingerprint density at radius 1 is 1.50 bits per heavy atom. The smallest absolute Gasteiger partial charge is 0.238 e. The molecule has 1 atom stereocenters. The van der Waals surface area contributed by atoms with E-state index in [9.17, 15) is 4.79 Å². The molecule has 1 aliphatic rings. The minimum atomic E-state index is -0.0229. The highest BCUT2D eigenvalue weighted by Crippen LogP contribution is 2.18. The van der Waals surface area contributed by atoms with Gasteiger partial charge in [0.05, 0.1) is 6.04 Å². The Bertz CT molecular complexity index is 164. The van der Waals surface area contributed by atoms with Crippen LogP contribution in [0.3, 0.4) is 0 Å². The third-order valence-corrected chi connectivity index (χ3v) is 2.40. The molecule has 0 radical (unpaired) electrons. The molecule has 0 unspecified atom stereocenters. The van der Waals surface area contributed by atoms with Crippen molar-refractivity contribution in [3.05, 3.63) is 0 Å². The molecule has 0 spiro atoms. The van der Waals surface area contributed by atoms with E-state index < -0.39 is 0 Å². The molecule has 0 aromatic heterocycles. The summed E-state index contributed by atoms with van der Waals surface area (Å²) in [4.78, 5) is 13.0. The Kier molecular flexibility index (Phi) is 3.09. The molecule has 0 aromatic rings. The second-order valence-corrected chi connectivity index (χ2v) is 3.75. The topological polar surface area (TPSA) is 32.3 Å². The molecule has 3 nitrogen and oxygen atoms in total. The van der Waals surface area contributed by atoms with Crippen molar-refractivity contribution >= 4 is 5.91 Å². The normalized spacial score (nSPS) is 19.9. The minimum absolute atomic E-state index is 0.0229. The van der Waals surface area contributed by atoms with Gasteiger partial charge in [0.15, 0.2) is 0 Å². The Balaban J connectivity index is 2.26. The summed E-state index contributed by atoms with van der Waals surface area (Å²) in [5, 5.41) is 3.31. The molecule has 1 rings (SSSR count). The molecule has 0 heterocycles. The number of carbonyl (C=O) groups is 1. The van der Waals surface area contributed by atoms with Crippen LogP contribution >= 0.6 is 0 Å². The summed E-state index contributed by atoms with van der Waals surface area (Å²) in [6.07, 6.45) is 3.76. The summed E-state index contributed by atoms with van der Waals surface area (Å²) < 4.78 is 0. The Labute approximate surface area is 74.1 Å². The minimum Gasteiger partial charge on any atom is -0.347 e. The van der Waals surface area contributed by atoms with Gasteiger partial charge in [-0.3, -0.25) is 4.79 Å². The van der Waals surface area contributed by atoms with Gasteiger partial charge in [0.2, 0.25) is 5.91 Å². The van der Waals surface area contributed by atoms with Crippen molar-refractivity contribution in [1.82, 2.24) is 10.2 Å². The first-order chi connectivity index (χ1) is 5.61. The monoisotopic (exact) mass is 170 g/mol. The average Bonchev–Trinajstić information content (AvgIpc) is 1.94. The van der Waals surface area contributed by atoms with Gasteiger partial charge < -0.3 is 10.2 Å². The SMILES string of the molecule is C[C@@H](NC1CCC1)C(=O)N(C)C. The number of nitrogens with one attached hydrogen (secondary N) is 1. The van der Waals surface area contributed by atoms with Crippen LogP contribution in [-0.4, -0.2) is 37.0 Å². The summed E-state index contributed by atoms with van der Waals surface area (Å²) in [6.45, 7) is 1.93. The molecule has 1 saturated carbocycles. The maximum Gasteiger partial charge on any atom is 0.238 e. The van der Waals surface area contributed by atoms with Crippen LogP contribution in [0.2, 0.25) is 0 Å². The van der Waals surface area contributed by atoms with Gasteiger partial charge in [-0.2, -0.15) is 0 Å². The fourth-order valence-corrected chi connectivity index (χ4v) is 1.39. The maximum absolute atomic E-state index is 11.4. The van der Waals surface area contributed by atoms with Crippen LogP contribution in [0, 0.1) is 0 Å². The van der Waals surface area contributed by atoms with Crippen LogP contribution in [0.25, 0.3) is 0 Å². The number of hydrogen-bond acceptors (Lipinski definition) is 2. The second kappa shape index (κ2) is 3.90. The van der Waals surface area contributed by atoms with Crippen molar-refractivity contribution in [2.45, 2.75) is 38.3 Å². The predicted molar refractivity (Wildman–Crippen MR) is 48.9 cm³/mol. The van der Waals surface area contributed by atoms with Gasteiger partial charge >= 0.3 is 0 Å². The molecule has 0 aliphatic heterocycles. The highest BCUT2D eigenvalue weighted by Gasteiger charge is 2.22. The van der Waals surface area contributed by atoms with Gasteiger partial charge in [-0.05, 0) is 19.8 Å². The molecule has 1 amide bonds. The van der Waals surface area contributed by atoms with Gasteiger partial charge in [0.1, 0.15) is 0 Å². The Morgan fingerprint density at radius 2 is 2.08 bits per heavy atom. The van der Waals surface area contributed by atoms with Gasteiger partial charge in [-0.1, -0.05) is 6.42 Å². The first-order valence-corrected chi connectivity index (χ1v) is 4.58. The van der Waals surface area contributed by atoms with E-state index in [1.165, 1.54) is 19.3 Å². The number of likely N-dealkylation sites (N-methyl/N-ethyl adjacent to an activating group) is 1. The lowest BCUT2D eigenvalue weighted by molar-refractivity contribution is -0.130. The van der Waals surface area contributed by atoms with Crippen LogP contribution in [0.5, 0.6) is 0 Å². The van der Waals surface area contributed by atoms with Crippen molar-refractivity contribution in [3.8, 4) is 0 Å². The molecule has 0 aromatic carbocycles. The van der Waals surface area contributed by atoms with E-state index in [0.717, 1.165) is 0 Å². The fraction of sp³-hybridized carbons (Fsp3) is 0.889. The third-order valence-electron chi connectivity index (χ3n) is 2.40. The summed E-state index contributed by atoms with van der Waals surface area (Å²) >= 11 is 0. The maximum atomic E-state index is 11.4. The van der Waals surface area contributed by atoms with E-state index in [2.05, 4.69) is 5.32 Å². The fourth-order valence-electron chi connectivity index (χ4n) is 1.39. The van der Waals surface area contributed by atoms with Crippen molar-refractivity contribution in [2.75, 3.05) is 14.1 Å². The Morgan fingerprint density at radius 3 is 2.42 bits per heavy atom. The van der Waals surface area contributed by atoms with Crippen LogP contribution in [0.1, 0.15) is 26.2 Å². The molecule has 1 aliphatic carbocycles. The molecule has 12 heavy (non-hydrogen) atoms. The van der Waals surface area contributed by atoms with E-state index in [1.807, 2.05) is 6.92 Å². The zero-order valence-corrected chi connectivity index (χ0v) is 8.13. The zero-order valence-electron chi connectivity index (χ0n) is 8.13. The molecule has 0 saturated heterocycles. The summed E-state index contributed by atoms with van der Waals surface area (Å²) in [5.41, 5.74) is 0. The number of amides is 1. The van der Waals surface area contributed by atoms with E-state index in [4.69, 9.17) is 0 Å².